The number of carboxylic acids is 1. The third-order valence-corrected chi connectivity index (χ3v) is 1.23. The lowest BCUT2D eigenvalue weighted by Crippen LogP contribution is -2.10. The molecule has 4 nitrogen and oxygen atoms in total. The first kappa shape index (κ1) is 7.68. The molecule has 11 heavy (non-hydrogen) atoms. The Morgan fingerprint density at radius 3 is 2.82 bits per heavy atom. The Kier molecular flexibility index (Phi) is 2.18. The van der Waals surface area contributed by atoms with Crippen molar-refractivity contribution in [1.82, 2.24) is 4.98 Å². The van der Waals surface area contributed by atoms with E-state index in [4.69, 9.17) is 10.2 Å². The highest BCUT2D eigenvalue weighted by Crippen LogP contribution is 2.09. The quantitative estimate of drug-likeness (QED) is 0.636. The van der Waals surface area contributed by atoms with E-state index in [0.717, 1.165) is 0 Å². The Morgan fingerprint density at radius 2 is 2.36 bits per heavy atom. The van der Waals surface area contributed by atoms with E-state index in [-0.39, 0.29) is 0 Å². The lowest BCUT2D eigenvalue weighted by Gasteiger charge is -2.02. The van der Waals surface area contributed by atoms with Gasteiger partial charge in [0.2, 0.25) is 0 Å². The molecule has 0 fully saturated rings. The molecule has 1 heterocycles. The Bertz CT molecular complexity index is 247. The van der Waals surface area contributed by atoms with Gasteiger partial charge in [0.1, 0.15) is 0 Å². The number of rotatable bonds is 2. The molecule has 0 radical (unpaired) electrons. The van der Waals surface area contributed by atoms with Gasteiger partial charge < -0.3 is 10.2 Å². The molecule has 1 aromatic rings. The van der Waals surface area contributed by atoms with Crippen LogP contribution in [0.5, 0.6) is 0 Å². The van der Waals surface area contributed by atoms with Crippen LogP contribution in [0.3, 0.4) is 0 Å². The Hall–Kier alpha value is -1.42. The molecule has 0 saturated heterocycles. The summed E-state index contributed by atoms with van der Waals surface area (Å²) in [5.74, 6) is -1.27. The van der Waals surface area contributed by atoms with E-state index < -0.39 is 12.1 Å². The number of pyridine rings is 1. The average molecular weight is 153 g/mol. The molecule has 1 rings (SSSR count). The Labute approximate surface area is 63.1 Å². The van der Waals surface area contributed by atoms with Gasteiger partial charge in [0.25, 0.3) is 0 Å². The van der Waals surface area contributed by atoms with E-state index >= 15 is 0 Å². The first-order chi connectivity index (χ1) is 5.22. The minimum Gasteiger partial charge on any atom is -0.479 e. The molecule has 1 atom stereocenters. The highest BCUT2D eigenvalue weighted by atomic mass is 16.4. The van der Waals surface area contributed by atoms with Crippen LogP contribution in [-0.2, 0) is 4.79 Å². The van der Waals surface area contributed by atoms with Gasteiger partial charge in [0.15, 0.2) is 6.10 Å². The van der Waals surface area contributed by atoms with E-state index in [1.807, 2.05) is 0 Å². The van der Waals surface area contributed by atoms with Crippen molar-refractivity contribution in [2.24, 2.45) is 0 Å². The molecule has 0 saturated carbocycles. The predicted octanol–water partition coefficient (Wildman–Crippen LogP) is 0.200. The van der Waals surface area contributed by atoms with Crippen molar-refractivity contribution in [2.45, 2.75) is 6.10 Å². The number of carboxylic acid groups (broad SMARTS) is 1. The van der Waals surface area contributed by atoms with Gasteiger partial charge in [-0.05, 0) is 6.07 Å². The summed E-state index contributed by atoms with van der Waals surface area (Å²) in [6.07, 6.45) is 1.36. The van der Waals surface area contributed by atoms with Crippen molar-refractivity contribution in [2.75, 3.05) is 0 Å². The number of carbonyl (C=O) groups is 1. The van der Waals surface area contributed by atoms with Crippen molar-refractivity contribution in [3.8, 4) is 0 Å². The van der Waals surface area contributed by atoms with Crippen molar-refractivity contribution in [3.63, 3.8) is 0 Å². The lowest BCUT2D eigenvalue weighted by atomic mass is 10.2. The number of hydrogen-bond acceptors (Lipinski definition) is 3. The molecule has 1 aromatic heterocycles. The molecule has 0 bridgehead atoms. The first-order valence-electron chi connectivity index (χ1n) is 3.02. The van der Waals surface area contributed by atoms with Crippen LogP contribution in [0.4, 0.5) is 0 Å². The highest BCUT2D eigenvalue weighted by Gasteiger charge is 2.14. The van der Waals surface area contributed by atoms with Gasteiger partial charge in [-0.2, -0.15) is 0 Å². The number of aliphatic carboxylic acids is 1. The summed E-state index contributed by atoms with van der Waals surface area (Å²) in [6, 6.07) is 3.08. The van der Waals surface area contributed by atoms with Crippen molar-refractivity contribution in [3.05, 3.63) is 30.1 Å². The second kappa shape index (κ2) is 3.12. The maximum Gasteiger partial charge on any atom is 0.337 e. The van der Waals surface area contributed by atoms with Crippen molar-refractivity contribution >= 4 is 5.97 Å². The zero-order chi connectivity index (χ0) is 8.27. The minimum absolute atomic E-state index is 0.292. The van der Waals surface area contributed by atoms with E-state index in [2.05, 4.69) is 4.98 Å². The summed E-state index contributed by atoms with van der Waals surface area (Å²) < 4.78 is 0. The predicted molar refractivity (Wildman–Crippen MR) is 36.8 cm³/mol. The summed E-state index contributed by atoms with van der Waals surface area (Å²) in [5, 5.41) is 17.3. The monoisotopic (exact) mass is 153 g/mol. The molecule has 0 spiro atoms. The van der Waals surface area contributed by atoms with Crippen molar-refractivity contribution < 1.29 is 15.0 Å². The van der Waals surface area contributed by atoms with Crippen LogP contribution in [0, 0.1) is 0 Å². The average Bonchev–Trinajstić information content (AvgIpc) is 2.05. The number of aliphatic hydroxyl groups excluding tert-OH is 1. The molecule has 0 amide bonds. The molecule has 0 aliphatic heterocycles. The summed E-state index contributed by atoms with van der Waals surface area (Å²) in [7, 11) is 0. The standard InChI is InChI=1S/C7H7NO3/c9-6(7(10)11)5-2-1-3-8-4-5/h1-4,6,9H,(H,10,11)/t6-/m1/s1. The molecule has 0 aliphatic carbocycles. The zero-order valence-electron chi connectivity index (χ0n) is 5.64. The molecular formula is C7H7NO3. The second-order valence-corrected chi connectivity index (χ2v) is 2.03. The largest absolute Gasteiger partial charge is 0.479 e. The third-order valence-electron chi connectivity index (χ3n) is 1.23. The van der Waals surface area contributed by atoms with Gasteiger partial charge in [-0.3, -0.25) is 4.98 Å². The summed E-state index contributed by atoms with van der Waals surface area (Å²) in [5.41, 5.74) is 0.292. The molecule has 2 N–H and O–H groups in total. The van der Waals surface area contributed by atoms with Gasteiger partial charge in [-0.15, -0.1) is 0 Å². The van der Waals surface area contributed by atoms with Crippen LogP contribution >= 0.6 is 0 Å². The van der Waals surface area contributed by atoms with E-state index in [1.165, 1.54) is 18.5 Å². The fourth-order valence-electron chi connectivity index (χ4n) is 0.680. The van der Waals surface area contributed by atoms with E-state index in [0.29, 0.717) is 5.56 Å². The number of aromatic nitrogens is 1. The zero-order valence-corrected chi connectivity index (χ0v) is 5.64. The highest BCUT2D eigenvalue weighted by molar-refractivity contribution is 5.73. The molecule has 0 aromatic carbocycles. The summed E-state index contributed by atoms with van der Waals surface area (Å²) in [4.78, 5) is 13.9. The first-order valence-corrected chi connectivity index (χ1v) is 3.02. The number of aliphatic hydroxyl groups is 1. The number of nitrogens with zero attached hydrogens (tertiary/aromatic N) is 1. The second-order valence-electron chi connectivity index (χ2n) is 2.03. The molecule has 0 aliphatic rings. The summed E-state index contributed by atoms with van der Waals surface area (Å²) in [6.45, 7) is 0. The normalized spacial score (nSPS) is 12.5. The van der Waals surface area contributed by atoms with Crippen LogP contribution < -0.4 is 0 Å². The smallest absolute Gasteiger partial charge is 0.337 e. The van der Waals surface area contributed by atoms with Crippen LogP contribution in [0.1, 0.15) is 11.7 Å². The van der Waals surface area contributed by atoms with Gasteiger partial charge >= 0.3 is 5.97 Å². The van der Waals surface area contributed by atoms with Crippen molar-refractivity contribution in [1.29, 1.82) is 0 Å². The van der Waals surface area contributed by atoms with Crippen LogP contribution in [0.15, 0.2) is 24.5 Å². The summed E-state index contributed by atoms with van der Waals surface area (Å²) >= 11 is 0. The topological polar surface area (TPSA) is 70.4 Å². The van der Waals surface area contributed by atoms with Gasteiger partial charge in [0, 0.05) is 18.0 Å². The SMILES string of the molecule is O=C(O)[C@H](O)c1cccnc1. The lowest BCUT2D eigenvalue weighted by molar-refractivity contribution is -0.146. The fourth-order valence-corrected chi connectivity index (χ4v) is 0.680. The molecular weight excluding hydrogens is 146 g/mol. The Balaban J connectivity index is 2.85. The number of hydrogen-bond donors (Lipinski definition) is 2. The molecule has 4 heteroatoms. The van der Waals surface area contributed by atoms with E-state index in [9.17, 15) is 4.79 Å². The van der Waals surface area contributed by atoms with Gasteiger partial charge in [0.05, 0.1) is 0 Å². The molecule has 0 unspecified atom stereocenters. The van der Waals surface area contributed by atoms with Crippen LogP contribution in [0.2, 0.25) is 0 Å². The third kappa shape index (κ3) is 1.75. The fraction of sp³-hybridized carbons (Fsp3) is 0.143. The molecule has 58 valence electrons. The minimum atomic E-state index is -1.47. The maximum absolute atomic E-state index is 10.2. The maximum atomic E-state index is 10.2. The van der Waals surface area contributed by atoms with E-state index in [1.54, 1.807) is 6.07 Å². The van der Waals surface area contributed by atoms with Crippen LogP contribution in [0.25, 0.3) is 0 Å². The van der Waals surface area contributed by atoms with Crippen LogP contribution in [-0.4, -0.2) is 21.2 Å². The van der Waals surface area contributed by atoms with Gasteiger partial charge in [-0.25, -0.2) is 4.79 Å². The Morgan fingerprint density at radius 1 is 1.64 bits per heavy atom. The van der Waals surface area contributed by atoms with Gasteiger partial charge in [-0.1, -0.05) is 6.07 Å².